The highest BCUT2D eigenvalue weighted by Crippen LogP contribution is 2.41. The molecule has 0 heterocycles. The zero-order valence-electron chi connectivity index (χ0n) is 14.6. The summed E-state index contributed by atoms with van der Waals surface area (Å²) in [6.07, 6.45) is 0. The zero-order chi connectivity index (χ0) is 17.9. The SMILES string of the molecule is [SiH3]c1cc(-c2ccccc2)c(Br)c(-c2ccccc2)c1-c1ccccc1. The van der Waals surface area contributed by atoms with Gasteiger partial charge in [-0.25, -0.2) is 0 Å². The van der Waals surface area contributed by atoms with Crippen molar-refractivity contribution >= 4 is 31.4 Å². The van der Waals surface area contributed by atoms with E-state index in [2.05, 4.69) is 113 Å². The lowest BCUT2D eigenvalue weighted by Gasteiger charge is -2.19. The van der Waals surface area contributed by atoms with E-state index in [1.165, 1.54) is 38.6 Å². The lowest BCUT2D eigenvalue weighted by atomic mass is 9.91. The van der Waals surface area contributed by atoms with Crippen molar-refractivity contribution in [2.75, 3.05) is 0 Å². The molecule has 0 aromatic heterocycles. The van der Waals surface area contributed by atoms with Crippen molar-refractivity contribution in [3.63, 3.8) is 0 Å². The minimum atomic E-state index is 0.987. The number of hydrogen-bond donors (Lipinski definition) is 0. The van der Waals surface area contributed by atoms with Gasteiger partial charge in [0.2, 0.25) is 0 Å². The van der Waals surface area contributed by atoms with Crippen molar-refractivity contribution in [3.8, 4) is 33.4 Å². The molecule has 26 heavy (non-hydrogen) atoms. The molecular weight excluding hydrogens is 396 g/mol. The number of rotatable bonds is 3. The third kappa shape index (κ3) is 3.18. The molecule has 0 saturated heterocycles. The van der Waals surface area contributed by atoms with Crippen molar-refractivity contribution < 1.29 is 0 Å². The normalized spacial score (nSPS) is 10.8. The van der Waals surface area contributed by atoms with E-state index >= 15 is 0 Å². The summed E-state index contributed by atoms with van der Waals surface area (Å²) in [6.45, 7) is 0. The first-order chi connectivity index (χ1) is 12.8. The fourth-order valence-corrected chi connectivity index (χ4v) is 5.07. The molecule has 0 spiro atoms. The molecule has 0 saturated carbocycles. The smallest absolute Gasteiger partial charge is 0.0393 e. The lowest BCUT2D eigenvalue weighted by Crippen LogP contribution is -2.10. The van der Waals surface area contributed by atoms with E-state index in [0.717, 1.165) is 14.7 Å². The molecule has 126 valence electrons. The van der Waals surface area contributed by atoms with Crippen LogP contribution in [0.1, 0.15) is 0 Å². The van der Waals surface area contributed by atoms with E-state index in [4.69, 9.17) is 0 Å². The van der Waals surface area contributed by atoms with Gasteiger partial charge in [0.1, 0.15) is 0 Å². The summed E-state index contributed by atoms with van der Waals surface area (Å²) in [5, 5.41) is 1.41. The van der Waals surface area contributed by atoms with E-state index in [-0.39, 0.29) is 0 Å². The molecule has 0 nitrogen and oxygen atoms in total. The van der Waals surface area contributed by atoms with Crippen LogP contribution in [0.3, 0.4) is 0 Å². The van der Waals surface area contributed by atoms with Gasteiger partial charge in [0, 0.05) is 20.3 Å². The van der Waals surface area contributed by atoms with Crippen molar-refractivity contribution in [2.45, 2.75) is 0 Å². The van der Waals surface area contributed by atoms with Crippen LogP contribution in [0.15, 0.2) is 102 Å². The van der Waals surface area contributed by atoms with Gasteiger partial charge in [0.15, 0.2) is 0 Å². The second-order valence-corrected chi connectivity index (χ2v) is 8.27. The summed E-state index contributed by atoms with van der Waals surface area (Å²) in [7, 11) is 0.987. The van der Waals surface area contributed by atoms with Gasteiger partial charge in [0.25, 0.3) is 0 Å². The standard InChI is InChI=1S/C24H19BrSi/c25-24-20(17-10-4-1-5-11-17)16-21(26)22(18-12-6-2-7-13-18)23(24)19-14-8-3-9-15-19/h1-16H,26H3. The summed E-state index contributed by atoms with van der Waals surface area (Å²) in [5.74, 6) is 0. The molecule has 0 amide bonds. The summed E-state index contributed by atoms with van der Waals surface area (Å²) in [6, 6.07) is 34.4. The molecule has 0 fully saturated rings. The third-order valence-electron chi connectivity index (χ3n) is 4.67. The maximum atomic E-state index is 3.95. The van der Waals surface area contributed by atoms with Crippen LogP contribution in [0.5, 0.6) is 0 Å². The maximum Gasteiger partial charge on any atom is 0.0393 e. The molecule has 0 atom stereocenters. The van der Waals surface area contributed by atoms with Crippen molar-refractivity contribution in [3.05, 3.63) is 102 Å². The summed E-state index contributed by atoms with van der Waals surface area (Å²) < 4.78 is 1.16. The third-order valence-corrected chi connectivity index (χ3v) is 6.28. The van der Waals surface area contributed by atoms with Gasteiger partial charge < -0.3 is 0 Å². The minimum absolute atomic E-state index is 0.987. The minimum Gasteiger partial charge on any atom is -0.0622 e. The Labute approximate surface area is 166 Å². The molecular formula is C24H19BrSi. The van der Waals surface area contributed by atoms with E-state index in [1.807, 2.05) is 0 Å². The average Bonchev–Trinajstić information content (AvgIpc) is 2.71. The number of halogens is 1. The summed E-state index contributed by atoms with van der Waals surface area (Å²) in [5.41, 5.74) is 7.64. The van der Waals surface area contributed by atoms with Crippen LogP contribution in [-0.4, -0.2) is 10.2 Å². The van der Waals surface area contributed by atoms with Crippen LogP contribution in [0.2, 0.25) is 0 Å². The van der Waals surface area contributed by atoms with Crippen LogP contribution in [0.25, 0.3) is 33.4 Å². The Kier molecular flexibility index (Phi) is 4.87. The van der Waals surface area contributed by atoms with Crippen molar-refractivity contribution in [1.82, 2.24) is 0 Å². The first kappa shape index (κ1) is 17.0. The Morgan fingerprint density at radius 1 is 0.538 bits per heavy atom. The highest BCUT2D eigenvalue weighted by Gasteiger charge is 2.18. The highest BCUT2D eigenvalue weighted by atomic mass is 79.9. The van der Waals surface area contributed by atoms with Crippen molar-refractivity contribution in [2.24, 2.45) is 0 Å². The lowest BCUT2D eigenvalue weighted by molar-refractivity contribution is 1.55. The summed E-state index contributed by atoms with van der Waals surface area (Å²) >= 11 is 3.95. The molecule has 0 unspecified atom stereocenters. The Bertz CT molecular complexity index is 1030. The molecule has 2 heteroatoms. The van der Waals surface area contributed by atoms with Crippen molar-refractivity contribution in [1.29, 1.82) is 0 Å². The highest BCUT2D eigenvalue weighted by molar-refractivity contribution is 9.10. The molecule has 0 aliphatic heterocycles. The second-order valence-electron chi connectivity index (χ2n) is 6.40. The Morgan fingerprint density at radius 2 is 0.962 bits per heavy atom. The topological polar surface area (TPSA) is 0 Å². The van der Waals surface area contributed by atoms with Gasteiger partial charge in [-0.15, -0.1) is 0 Å². The predicted molar refractivity (Wildman–Crippen MR) is 120 cm³/mol. The fourth-order valence-electron chi connectivity index (χ4n) is 3.47. The Balaban J connectivity index is 2.06. The largest absolute Gasteiger partial charge is 0.0622 e. The summed E-state index contributed by atoms with van der Waals surface area (Å²) in [4.78, 5) is 0. The van der Waals surface area contributed by atoms with Gasteiger partial charge in [-0.2, -0.15) is 0 Å². The van der Waals surface area contributed by atoms with Crippen LogP contribution in [-0.2, 0) is 0 Å². The maximum absolute atomic E-state index is 3.95. The molecule has 0 bridgehead atoms. The van der Waals surface area contributed by atoms with E-state index in [1.54, 1.807) is 0 Å². The molecule has 4 rings (SSSR count). The van der Waals surface area contributed by atoms with Crippen LogP contribution < -0.4 is 5.19 Å². The number of benzene rings is 4. The van der Waals surface area contributed by atoms with Crippen LogP contribution in [0, 0.1) is 0 Å². The monoisotopic (exact) mass is 414 g/mol. The zero-order valence-corrected chi connectivity index (χ0v) is 18.2. The van der Waals surface area contributed by atoms with Gasteiger partial charge in [-0.3, -0.25) is 0 Å². The fraction of sp³-hybridized carbons (Fsp3) is 0. The molecule has 0 aliphatic carbocycles. The second kappa shape index (κ2) is 7.44. The predicted octanol–water partition coefficient (Wildman–Crippen LogP) is 5.44. The first-order valence-electron chi connectivity index (χ1n) is 8.75. The molecule has 4 aromatic rings. The number of hydrogen-bond acceptors (Lipinski definition) is 0. The van der Waals surface area contributed by atoms with Gasteiger partial charge in [0.05, 0.1) is 0 Å². The van der Waals surface area contributed by atoms with Crippen LogP contribution >= 0.6 is 15.9 Å². The van der Waals surface area contributed by atoms with E-state index in [9.17, 15) is 0 Å². The molecule has 0 N–H and O–H groups in total. The quantitative estimate of drug-likeness (QED) is 0.391. The molecule has 0 radical (unpaired) electrons. The van der Waals surface area contributed by atoms with Gasteiger partial charge in [-0.1, -0.05) is 102 Å². The first-order valence-corrected chi connectivity index (χ1v) is 10.5. The molecule has 4 aromatic carbocycles. The average molecular weight is 415 g/mol. The molecule has 0 aliphatic rings. The Morgan fingerprint density at radius 3 is 1.46 bits per heavy atom. The van der Waals surface area contributed by atoms with E-state index < -0.39 is 0 Å². The van der Waals surface area contributed by atoms with E-state index in [0.29, 0.717) is 0 Å². The van der Waals surface area contributed by atoms with Gasteiger partial charge >= 0.3 is 0 Å². The van der Waals surface area contributed by atoms with Crippen LogP contribution in [0.4, 0.5) is 0 Å². The Hall–Kier alpha value is -2.42. The van der Waals surface area contributed by atoms with Gasteiger partial charge in [-0.05, 0) is 43.7 Å².